The van der Waals surface area contributed by atoms with Gasteiger partial charge in [-0.15, -0.1) is 0 Å². The summed E-state index contributed by atoms with van der Waals surface area (Å²) in [6.07, 6.45) is 0. The van der Waals surface area contributed by atoms with Gasteiger partial charge in [0.2, 0.25) is 0 Å². The van der Waals surface area contributed by atoms with Crippen molar-refractivity contribution in [3.05, 3.63) is 32.6 Å². The number of esters is 1. The summed E-state index contributed by atoms with van der Waals surface area (Å²) in [7, 11) is 2.82. The van der Waals surface area contributed by atoms with Crippen LogP contribution in [-0.4, -0.2) is 31.9 Å². The maximum absolute atomic E-state index is 12.0. The zero-order valence-electron chi connectivity index (χ0n) is 10.7. The van der Waals surface area contributed by atoms with Crippen LogP contribution in [0.3, 0.4) is 0 Å². The Morgan fingerprint density at radius 3 is 2.68 bits per heavy atom. The Morgan fingerprint density at radius 2 is 2.05 bits per heavy atom. The summed E-state index contributed by atoms with van der Waals surface area (Å²) >= 11 is 0. The van der Waals surface area contributed by atoms with Gasteiger partial charge in [0.25, 0.3) is 5.56 Å². The molecule has 100 valence electrons. The van der Waals surface area contributed by atoms with E-state index in [1.54, 1.807) is 6.92 Å². The Labute approximate surface area is 107 Å². The Bertz CT molecular complexity index is 731. The predicted molar refractivity (Wildman–Crippen MR) is 65.1 cm³/mol. The van der Waals surface area contributed by atoms with Crippen molar-refractivity contribution in [3.8, 4) is 11.4 Å². The average molecular weight is 264 g/mol. The van der Waals surface area contributed by atoms with Crippen molar-refractivity contribution in [3.63, 3.8) is 0 Å². The SMILES string of the molecule is CCOC(=O)c1cc2c(=O)n(C)c(=O)nc-2n(C)n1. The van der Waals surface area contributed by atoms with Crippen LogP contribution < -0.4 is 11.2 Å². The fourth-order valence-corrected chi connectivity index (χ4v) is 1.64. The maximum Gasteiger partial charge on any atom is 0.358 e. The van der Waals surface area contributed by atoms with Gasteiger partial charge in [-0.05, 0) is 13.0 Å². The van der Waals surface area contributed by atoms with Crippen LogP contribution in [0.2, 0.25) is 0 Å². The molecule has 0 bridgehead atoms. The van der Waals surface area contributed by atoms with Gasteiger partial charge in [0.1, 0.15) is 0 Å². The largest absolute Gasteiger partial charge is 0.461 e. The number of fused-ring (bicyclic) bond motifs is 1. The van der Waals surface area contributed by atoms with Gasteiger partial charge in [0.05, 0.1) is 12.2 Å². The monoisotopic (exact) mass is 264 g/mol. The predicted octanol–water partition coefficient (Wildman–Crippen LogP) is -0.845. The number of hydrogen-bond acceptors (Lipinski definition) is 6. The third kappa shape index (κ3) is 2.12. The quantitative estimate of drug-likeness (QED) is 0.656. The molecule has 0 spiro atoms. The summed E-state index contributed by atoms with van der Waals surface area (Å²) in [6.45, 7) is 1.88. The number of hydrogen-bond donors (Lipinski definition) is 0. The van der Waals surface area contributed by atoms with Crippen LogP contribution in [0, 0.1) is 0 Å². The highest BCUT2D eigenvalue weighted by Gasteiger charge is 2.20. The van der Waals surface area contributed by atoms with E-state index in [0.717, 1.165) is 4.57 Å². The number of nitrogens with zero attached hydrogens (tertiary/aromatic N) is 4. The third-order valence-corrected chi connectivity index (χ3v) is 2.59. The molecule has 0 unspecified atom stereocenters. The summed E-state index contributed by atoms with van der Waals surface area (Å²) in [5, 5.41) is 3.92. The van der Waals surface area contributed by atoms with Gasteiger partial charge < -0.3 is 4.74 Å². The van der Waals surface area contributed by atoms with Crippen LogP contribution >= 0.6 is 0 Å². The molecule has 0 atom stereocenters. The highest BCUT2D eigenvalue weighted by molar-refractivity contribution is 5.88. The molecular weight excluding hydrogens is 252 g/mol. The highest BCUT2D eigenvalue weighted by Crippen LogP contribution is 2.13. The Balaban J connectivity index is 2.76. The van der Waals surface area contributed by atoms with Crippen molar-refractivity contribution in [1.82, 2.24) is 19.3 Å². The summed E-state index contributed by atoms with van der Waals surface area (Å²) in [6, 6.07) is 1.28. The van der Waals surface area contributed by atoms with Gasteiger partial charge in [-0.3, -0.25) is 9.36 Å². The first-order chi connectivity index (χ1) is 8.95. The Morgan fingerprint density at radius 1 is 1.37 bits per heavy atom. The van der Waals surface area contributed by atoms with Crippen molar-refractivity contribution in [2.45, 2.75) is 6.92 Å². The van der Waals surface area contributed by atoms with E-state index in [1.807, 2.05) is 0 Å². The summed E-state index contributed by atoms with van der Waals surface area (Å²) in [4.78, 5) is 38.8. The van der Waals surface area contributed by atoms with Gasteiger partial charge in [0, 0.05) is 14.1 Å². The van der Waals surface area contributed by atoms with Crippen molar-refractivity contribution in [2.24, 2.45) is 14.1 Å². The fraction of sp³-hybridized carbons (Fsp3) is 0.364. The molecule has 0 saturated carbocycles. The first-order valence-corrected chi connectivity index (χ1v) is 5.58. The second-order valence-electron chi connectivity index (χ2n) is 3.87. The van der Waals surface area contributed by atoms with Crippen molar-refractivity contribution in [2.75, 3.05) is 6.61 Å². The number of carbonyl (C=O) groups excluding carboxylic acids is 1. The van der Waals surface area contributed by atoms with Gasteiger partial charge in [-0.2, -0.15) is 10.1 Å². The zero-order chi connectivity index (χ0) is 14.2. The van der Waals surface area contributed by atoms with Gasteiger partial charge in [-0.1, -0.05) is 0 Å². The van der Waals surface area contributed by atoms with E-state index in [9.17, 15) is 14.4 Å². The standard InChI is InChI=1S/C11H12N4O4/c1-4-19-10(17)7-5-6-8(15(3)13-7)12-11(18)14(2)9(6)16/h5H,4H2,1-3H3. The van der Waals surface area contributed by atoms with E-state index < -0.39 is 17.2 Å². The number of carbonyl (C=O) groups is 1. The Kier molecular flexibility index (Phi) is 3.16. The van der Waals surface area contributed by atoms with Gasteiger partial charge in [0.15, 0.2) is 11.5 Å². The van der Waals surface area contributed by atoms with E-state index in [1.165, 1.54) is 24.8 Å². The molecule has 0 N–H and O–H groups in total. The van der Waals surface area contributed by atoms with Crippen molar-refractivity contribution >= 4 is 5.97 Å². The summed E-state index contributed by atoms with van der Waals surface area (Å²) < 4.78 is 6.90. The molecule has 0 fully saturated rings. The summed E-state index contributed by atoms with van der Waals surface area (Å²) in [5.41, 5.74) is -1.06. The minimum Gasteiger partial charge on any atom is -0.461 e. The average Bonchev–Trinajstić information content (AvgIpc) is 2.37. The molecule has 0 radical (unpaired) electrons. The molecule has 8 nitrogen and oxygen atoms in total. The molecule has 0 aliphatic carbocycles. The second kappa shape index (κ2) is 4.63. The molecule has 0 aromatic rings. The molecule has 0 aromatic carbocycles. The smallest absolute Gasteiger partial charge is 0.358 e. The number of ether oxygens (including phenoxy) is 1. The number of aryl methyl sites for hydroxylation is 1. The van der Waals surface area contributed by atoms with E-state index in [-0.39, 0.29) is 23.7 Å². The molecular formula is C11H12N4O4. The minimum absolute atomic E-state index is 0.00519. The summed E-state index contributed by atoms with van der Waals surface area (Å²) in [5.74, 6) is -0.505. The minimum atomic E-state index is -0.668. The lowest BCUT2D eigenvalue weighted by atomic mass is 10.2. The van der Waals surface area contributed by atoms with Crippen LogP contribution in [0.1, 0.15) is 17.4 Å². The molecule has 2 rings (SSSR count). The van der Waals surface area contributed by atoms with E-state index in [2.05, 4.69) is 10.1 Å². The molecule has 0 aromatic heterocycles. The van der Waals surface area contributed by atoms with Gasteiger partial charge in [-0.25, -0.2) is 14.3 Å². The lowest BCUT2D eigenvalue weighted by Gasteiger charge is -2.11. The van der Waals surface area contributed by atoms with Crippen molar-refractivity contribution in [1.29, 1.82) is 0 Å². The topological polar surface area (TPSA) is 96.1 Å². The number of aromatic nitrogens is 4. The third-order valence-electron chi connectivity index (χ3n) is 2.59. The first kappa shape index (κ1) is 12.9. The normalized spacial score (nSPS) is 10.7. The zero-order valence-corrected chi connectivity index (χ0v) is 10.7. The van der Waals surface area contributed by atoms with E-state index >= 15 is 0 Å². The molecule has 8 heteroatoms. The van der Waals surface area contributed by atoms with Crippen LogP contribution in [0.25, 0.3) is 11.4 Å². The first-order valence-electron chi connectivity index (χ1n) is 5.58. The molecule has 0 amide bonds. The molecule has 19 heavy (non-hydrogen) atoms. The Hall–Kier alpha value is -2.51. The van der Waals surface area contributed by atoms with Crippen LogP contribution in [0.15, 0.2) is 15.7 Å². The van der Waals surface area contributed by atoms with E-state index in [4.69, 9.17) is 4.74 Å². The molecule has 2 heterocycles. The maximum atomic E-state index is 12.0. The lowest BCUT2D eigenvalue weighted by molar-refractivity contribution is 0.0517. The molecule has 2 aliphatic heterocycles. The van der Waals surface area contributed by atoms with Crippen LogP contribution in [0.4, 0.5) is 0 Å². The van der Waals surface area contributed by atoms with Gasteiger partial charge >= 0.3 is 11.7 Å². The van der Waals surface area contributed by atoms with Crippen LogP contribution in [-0.2, 0) is 18.8 Å². The lowest BCUT2D eigenvalue weighted by Crippen LogP contribution is -2.36. The highest BCUT2D eigenvalue weighted by atomic mass is 16.5. The van der Waals surface area contributed by atoms with Crippen LogP contribution in [0.5, 0.6) is 0 Å². The van der Waals surface area contributed by atoms with E-state index in [0.29, 0.717) is 0 Å². The molecule has 0 saturated heterocycles. The van der Waals surface area contributed by atoms with Crippen molar-refractivity contribution < 1.29 is 9.53 Å². The number of rotatable bonds is 2. The molecule has 2 aliphatic rings. The second-order valence-corrected chi connectivity index (χ2v) is 3.87. The fourth-order valence-electron chi connectivity index (χ4n) is 1.64.